The lowest BCUT2D eigenvalue weighted by Crippen LogP contribution is -2.33. The second-order valence-corrected chi connectivity index (χ2v) is 7.45. The fraction of sp³-hybridized carbons (Fsp3) is 0.538. The lowest BCUT2D eigenvalue weighted by atomic mass is 10.0. The molecule has 18 heavy (non-hydrogen) atoms. The minimum Gasteiger partial charge on any atom is -0.306 e. The number of benzene rings is 1. The van der Waals surface area contributed by atoms with Gasteiger partial charge in [0.1, 0.15) is 0 Å². The van der Waals surface area contributed by atoms with Gasteiger partial charge < -0.3 is 5.32 Å². The predicted octanol–water partition coefficient (Wildman–Crippen LogP) is 2.57. The predicted molar refractivity (Wildman–Crippen MR) is 74.7 cm³/mol. The summed E-state index contributed by atoms with van der Waals surface area (Å²) in [6.45, 7) is 2.09. The van der Waals surface area contributed by atoms with E-state index in [4.69, 9.17) is 11.6 Å². The van der Waals surface area contributed by atoms with E-state index in [1.54, 1.807) is 0 Å². The van der Waals surface area contributed by atoms with Gasteiger partial charge in [-0.1, -0.05) is 30.7 Å². The molecule has 0 aliphatic carbocycles. The van der Waals surface area contributed by atoms with Crippen LogP contribution < -0.4 is 5.32 Å². The molecule has 5 heteroatoms. The summed E-state index contributed by atoms with van der Waals surface area (Å²) in [5.41, 5.74) is 1.12. The lowest BCUT2D eigenvalue weighted by molar-refractivity contribution is 0.450. The van der Waals surface area contributed by atoms with E-state index < -0.39 is 9.84 Å². The molecule has 1 heterocycles. The minimum atomic E-state index is -2.83. The molecule has 1 N–H and O–H groups in total. The van der Waals surface area contributed by atoms with Crippen LogP contribution in [-0.2, 0) is 9.84 Å². The highest BCUT2D eigenvalue weighted by molar-refractivity contribution is 7.91. The van der Waals surface area contributed by atoms with Crippen LogP contribution in [0.25, 0.3) is 0 Å². The molecule has 1 fully saturated rings. The third kappa shape index (κ3) is 3.46. The van der Waals surface area contributed by atoms with Gasteiger partial charge >= 0.3 is 0 Å². The Bertz CT molecular complexity index is 515. The van der Waals surface area contributed by atoms with Gasteiger partial charge in [-0.15, -0.1) is 0 Å². The van der Waals surface area contributed by atoms with Crippen molar-refractivity contribution in [3.05, 3.63) is 34.9 Å². The zero-order chi connectivity index (χ0) is 13.2. The summed E-state index contributed by atoms with van der Waals surface area (Å²) in [6, 6.07) is 7.97. The van der Waals surface area contributed by atoms with Gasteiger partial charge in [0.15, 0.2) is 9.84 Å². The van der Waals surface area contributed by atoms with Gasteiger partial charge in [0.2, 0.25) is 0 Å². The molecule has 1 aliphatic heterocycles. The second kappa shape index (κ2) is 5.59. The van der Waals surface area contributed by atoms with E-state index in [9.17, 15) is 8.42 Å². The zero-order valence-electron chi connectivity index (χ0n) is 10.4. The van der Waals surface area contributed by atoms with Gasteiger partial charge in [-0.25, -0.2) is 8.42 Å². The Morgan fingerprint density at radius 1 is 1.50 bits per heavy atom. The van der Waals surface area contributed by atoms with E-state index in [1.807, 2.05) is 24.3 Å². The van der Waals surface area contributed by atoms with Crippen molar-refractivity contribution < 1.29 is 8.42 Å². The Labute approximate surface area is 113 Å². The average molecular weight is 288 g/mol. The van der Waals surface area contributed by atoms with E-state index in [-0.39, 0.29) is 17.8 Å². The molecule has 2 atom stereocenters. The number of sulfone groups is 1. The number of hydrogen-bond donors (Lipinski definition) is 1. The number of nitrogens with one attached hydrogen (secondary N) is 1. The number of halogens is 1. The van der Waals surface area contributed by atoms with Gasteiger partial charge in [0.25, 0.3) is 0 Å². The molecule has 1 aromatic carbocycles. The standard InChI is InChI=1S/C13H18ClNO2S/c1-2-13(10-4-3-5-11(14)8-10)15-12-6-7-18(16,17)9-12/h3-5,8,12-13,15H,2,6-7,9H2,1H3. The fourth-order valence-corrected chi connectivity index (χ4v) is 4.27. The SMILES string of the molecule is CCC(NC1CCS(=O)(=O)C1)c1cccc(Cl)c1. The molecular formula is C13H18ClNO2S. The first kappa shape index (κ1) is 13.8. The first-order valence-corrected chi connectivity index (χ1v) is 8.42. The maximum atomic E-state index is 11.4. The molecule has 1 aliphatic rings. The van der Waals surface area contributed by atoms with Crippen molar-refractivity contribution >= 4 is 21.4 Å². The first-order chi connectivity index (χ1) is 8.50. The third-order valence-corrected chi connectivity index (χ3v) is 5.33. The smallest absolute Gasteiger partial charge is 0.151 e. The van der Waals surface area contributed by atoms with E-state index in [0.717, 1.165) is 12.0 Å². The normalized spacial score (nSPS) is 24.0. The Kier molecular flexibility index (Phi) is 4.30. The van der Waals surface area contributed by atoms with Crippen LogP contribution in [0.3, 0.4) is 0 Å². The summed E-state index contributed by atoms with van der Waals surface area (Å²) in [5.74, 6) is 0.556. The molecule has 0 aromatic heterocycles. The number of rotatable bonds is 4. The van der Waals surface area contributed by atoms with Gasteiger partial charge in [-0.2, -0.15) is 0 Å². The molecule has 0 amide bonds. The molecule has 0 bridgehead atoms. The topological polar surface area (TPSA) is 46.2 Å². The Morgan fingerprint density at radius 2 is 2.28 bits per heavy atom. The van der Waals surface area contributed by atoms with Crippen molar-refractivity contribution in [1.29, 1.82) is 0 Å². The van der Waals surface area contributed by atoms with Gasteiger partial charge in [-0.05, 0) is 30.5 Å². The quantitative estimate of drug-likeness (QED) is 0.926. The van der Waals surface area contributed by atoms with Crippen LogP contribution >= 0.6 is 11.6 Å². The second-order valence-electron chi connectivity index (χ2n) is 4.78. The average Bonchev–Trinajstić information content (AvgIpc) is 2.65. The van der Waals surface area contributed by atoms with E-state index >= 15 is 0 Å². The van der Waals surface area contributed by atoms with Crippen molar-refractivity contribution in [3.63, 3.8) is 0 Å². The summed E-state index contributed by atoms with van der Waals surface area (Å²) >= 11 is 5.98. The van der Waals surface area contributed by atoms with E-state index in [0.29, 0.717) is 17.2 Å². The number of hydrogen-bond acceptors (Lipinski definition) is 3. The van der Waals surface area contributed by atoms with Gasteiger partial charge in [0.05, 0.1) is 11.5 Å². The summed E-state index contributed by atoms with van der Waals surface area (Å²) in [7, 11) is -2.83. The van der Waals surface area contributed by atoms with Crippen LogP contribution in [0, 0.1) is 0 Å². The van der Waals surface area contributed by atoms with Gasteiger partial charge in [-0.3, -0.25) is 0 Å². The molecule has 0 radical (unpaired) electrons. The van der Waals surface area contributed by atoms with Crippen molar-refractivity contribution in [2.75, 3.05) is 11.5 Å². The van der Waals surface area contributed by atoms with Crippen molar-refractivity contribution in [3.8, 4) is 0 Å². The Balaban J connectivity index is 2.06. The monoisotopic (exact) mass is 287 g/mol. The largest absolute Gasteiger partial charge is 0.306 e. The summed E-state index contributed by atoms with van der Waals surface area (Å²) in [5, 5.41) is 4.14. The van der Waals surface area contributed by atoms with Crippen LogP contribution in [0.15, 0.2) is 24.3 Å². The maximum absolute atomic E-state index is 11.4. The molecular weight excluding hydrogens is 270 g/mol. The van der Waals surface area contributed by atoms with Crippen LogP contribution in [0.5, 0.6) is 0 Å². The molecule has 0 saturated carbocycles. The molecule has 0 spiro atoms. The molecule has 2 unspecified atom stereocenters. The van der Waals surface area contributed by atoms with Crippen molar-refractivity contribution in [2.24, 2.45) is 0 Å². The van der Waals surface area contributed by atoms with Crippen molar-refractivity contribution in [1.82, 2.24) is 5.32 Å². The minimum absolute atomic E-state index is 0.0685. The molecule has 1 aromatic rings. The van der Waals surface area contributed by atoms with E-state index in [1.165, 1.54) is 0 Å². The van der Waals surface area contributed by atoms with Crippen LogP contribution in [0.2, 0.25) is 5.02 Å². The first-order valence-electron chi connectivity index (χ1n) is 6.22. The highest BCUT2D eigenvalue weighted by Crippen LogP contribution is 2.23. The summed E-state index contributed by atoms with van der Waals surface area (Å²) in [6.07, 6.45) is 1.62. The molecule has 3 nitrogen and oxygen atoms in total. The zero-order valence-corrected chi connectivity index (χ0v) is 12.0. The maximum Gasteiger partial charge on any atom is 0.151 e. The lowest BCUT2D eigenvalue weighted by Gasteiger charge is -2.21. The molecule has 1 saturated heterocycles. The Hall–Kier alpha value is -0.580. The van der Waals surface area contributed by atoms with Crippen LogP contribution in [-0.4, -0.2) is 26.0 Å². The fourth-order valence-electron chi connectivity index (χ4n) is 2.38. The molecule has 2 rings (SSSR count). The summed E-state index contributed by atoms with van der Waals surface area (Å²) in [4.78, 5) is 0. The van der Waals surface area contributed by atoms with Crippen LogP contribution in [0.1, 0.15) is 31.4 Å². The summed E-state index contributed by atoms with van der Waals surface area (Å²) < 4.78 is 22.9. The van der Waals surface area contributed by atoms with Gasteiger partial charge in [0, 0.05) is 17.1 Å². The third-order valence-electron chi connectivity index (χ3n) is 3.33. The highest BCUT2D eigenvalue weighted by Gasteiger charge is 2.29. The molecule has 100 valence electrons. The Morgan fingerprint density at radius 3 is 2.83 bits per heavy atom. The highest BCUT2D eigenvalue weighted by atomic mass is 35.5. The van der Waals surface area contributed by atoms with Crippen LogP contribution in [0.4, 0.5) is 0 Å². The van der Waals surface area contributed by atoms with Crippen molar-refractivity contribution in [2.45, 2.75) is 31.8 Å². The van der Waals surface area contributed by atoms with E-state index in [2.05, 4.69) is 12.2 Å².